The van der Waals surface area contributed by atoms with Crippen LogP contribution in [0.15, 0.2) is 18.7 Å². The van der Waals surface area contributed by atoms with Crippen molar-refractivity contribution < 1.29 is 4.79 Å². The van der Waals surface area contributed by atoms with Gasteiger partial charge in [-0.25, -0.2) is 0 Å². The van der Waals surface area contributed by atoms with Crippen LogP contribution in [0.3, 0.4) is 0 Å². The minimum atomic E-state index is -0.655. The Morgan fingerprint density at radius 1 is 1.39 bits per heavy atom. The minimum absolute atomic E-state index is 0.0956. The Bertz CT molecular complexity index is 683. The lowest BCUT2D eigenvalue weighted by Gasteiger charge is -2.02. The van der Waals surface area contributed by atoms with Gasteiger partial charge in [0.2, 0.25) is 5.91 Å². The highest BCUT2D eigenvalue weighted by Gasteiger charge is 2.17. The standard InChI is InChI=1S/C12H13N5O/c1-5(12(16)18)11-10(15)9-6(4-13)7(14)2-3-8(9)17-11/h2-4,13,17H,1,14-15H2,(H2,16,18). The number of aromatic amines is 1. The first-order valence-electron chi connectivity index (χ1n) is 5.16. The molecule has 1 aromatic carbocycles. The fourth-order valence-corrected chi connectivity index (χ4v) is 1.87. The zero-order chi connectivity index (χ0) is 13.4. The molecule has 0 atom stereocenters. The maximum atomic E-state index is 11.1. The van der Waals surface area contributed by atoms with E-state index in [1.807, 2.05) is 0 Å². The quantitative estimate of drug-likeness (QED) is 0.310. The van der Waals surface area contributed by atoms with Gasteiger partial charge < -0.3 is 27.6 Å². The molecule has 0 aliphatic carbocycles. The molecule has 0 unspecified atom stereocenters. The molecule has 2 aromatic rings. The molecule has 0 saturated carbocycles. The number of hydrogen-bond acceptors (Lipinski definition) is 4. The summed E-state index contributed by atoms with van der Waals surface area (Å²) in [5.74, 6) is -0.655. The van der Waals surface area contributed by atoms with E-state index in [9.17, 15) is 4.79 Å². The molecule has 6 heteroatoms. The number of benzene rings is 1. The second-order valence-corrected chi connectivity index (χ2v) is 3.89. The van der Waals surface area contributed by atoms with Gasteiger partial charge >= 0.3 is 0 Å². The van der Waals surface area contributed by atoms with Gasteiger partial charge in [-0.2, -0.15) is 0 Å². The Labute approximate surface area is 103 Å². The highest BCUT2D eigenvalue weighted by molar-refractivity contribution is 6.22. The number of rotatable bonds is 3. The van der Waals surface area contributed by atoms with Gasteiger partial charge in [0.15, 0.2) is 0 Å². The van der Waals surface area contributed by atoms with Gasteiger partial charge in [0.05, 0.1) is 17.0 Å². The number of carbonyl (C=O) groups is 1. The van der Waals surface area contributed by atoms with Crippen molar-refractivity contribution in [3.63, 3.8) is 0 Å². The topological polar surface area (TPSA) is 135 Å². The molecule has 0 aliphatic heterocycles. The summed E-state index contributed by atoms with van der Waals surface area (Å²) in [6.45, 7) is 3.58. The van der Waals surface area contributed by atoms with Crippen LogP contribution >= 0.6 is 0 Å². The van der Waals surface area contributed by atoms with Crippen molar-refractivity contribution in [2.75, 3.05) is 11.5 Å². The summed E-state index contributed by atoms with van der Waals surface area (Å²) in [5, 5.41) is 7.98. The smallest absolute Gasteiger partial charge is 0.250 e. The Kier molecular flexibility index (Phi) is 2.55. The van der Waals surface area contributed by atoms with E-state index in [2.05, 4.69) is 11.6 Å². The molecule has 0 fully saturated rings. The van der Waals surface area contributed by atoms with Gasteiger partial charge in [0, 0.05) is 28.4 Å². The van der Waals surface area contributed by atoms with E-state index in [0.717, 1.165) is 6.21 Å². The first-order valence-corrected chi connectivity index (χ1v) is 5.16. The summed E-state index contributed by atoms with van der Waals surface area (Å²) in [7, 11) is 0. The van der Waals surface area contributed by atoms with E-state index in [4.69, 9.17) is 22.6 Å². The molecule has 0 spiro atoms. The predicted molar refractivity (Wildman–Crippen MR) is 73.2 cm³/mol. The van der Waals surface area contributed by atoms with Crippen LogP contribution in [0, 0.1) is 5.41 Å². The number of primary amides is 1. The molecule has 1 heterocycles. The molecular weight excluding hydrogens is 230 g/mol. The maximum absolute atomic E-state index is 11.1. The molecule has 6 nitrogen and oxygen atoms in total. The first-order chi connectivity index (χ1) is 8.47. The van der Waals surface area contributed by atoms with Crippen molar-refractivity contribution in [2.24, 2.45) is 5.73 Å². The lowest BCUT2D eigenvalue weighted by atomic mass is 10.1. The van der Waals surface area contributed by atoms with E-state index < -0.39 is 5.91 Å². The fraction of sp³-hybridized carbons (Fsp3) is 0. The highest BCUT2D eigenvalue weighted by Crippen LogP contribution is 2.33. The molecule has 1 amide bonds. The van der Waals surface area contributed by atoms with Crippen LogP contribution in [-0.4, -0.2) is 17.1 Å². The monoisotopic (exact) mass is 243 g/mol. The number of nitrogens with two attached hydrogens (primary N) is 3. The Morgan fingerprint density at radius 3 is 2.61 bits per heavy atom. The molecule has 0 saturated heterocycles. The summed E-state index contributed by atoms with van der Waals surface area (Å²) in [4.78, 5) is 14.1. The predicted octanol–water partition coefficient (Wildman–Crippen LogP) is 0.828. The van der Waals surface area contributed by atoms with E-state index in [1.165, 1.54) is 0 Å². The van der Waals surface area contributed by atoms with Crippen molar-refractivity contribution in [3.8, 4) is 0 Å². The second kappa shape index (κ2) is 3.92. The summed E-state index contributed by atoms with van der Waals surface area (Å²) >= 11 is 0. The van der Waals surface area contributed by atoms with Crippen LogP contribution in [0.25, 0.3) is 16.5 Å². The molecule has 2 rings (SSSR count). The molecule has 0 bridgehead atoms. The average molecular weight is 243 g/mol. The van der Waals surface area contributed by atoms with Crippen molar-refractivity contribution in [2.45, 2.75) is 0 Å². The number of H-pyrrole nitrogens is 1. The Morgan fingerprint density at radius 2 is 2.06 bits per heavy atom. The second-order valence-electron chi connectivity index (χ2n) is 3.89. The van der Waals surface area contributed by atoms with Crippen molar-refractivity contribution >= 4 is 40.0 Å². The Hall–Kier alpha value is -2.76. The number of carbonyl (C=O) groups excluding carboxylic acids is 1. The van der Waals surface area contributed by atoms with Crippen molar-refractivity contribution in [1.82, 2.24) is 4.98 Å². The number of hydrogen-bond donors (Lipinski definition) is 5. The average Bonchev–Trinajstić information content (AvgIpc) is 2.66. The molecule has 92 valence electrons. The molecule has 8 N–H and O–H groups in total. The van der Waals surface area contributed by atoms with Gasteiger partial charge in [0.1, 0.15) is 0 Å². The number of nitrogens with one attached hydrogen (secondary N) is 2. The number of aromatic nitrogens is 1. The Balaban J connectivity index is 2.83. The van der Waals surface area contributed by atoms with Gasteiger partial charge in [-0.05, 0) is 12.1 Å². The van der Waals surface area contributed by atoms with Crippen LogP contribution in [0.4, 0.5) is 11.4 Å². The van der Waals surface area contributed by atoms with E-state index in [-0.39, 0.29) is 5.57 Å². The van der Waals surface area contributed by atoms with Crippen LogP contribution < -0.4 is 17.2 Å². The zero-order valence-corrected chi connectivity index (χ0v) is 9.58. The molecule has 1 aromatic heterocycles. The summed E-state index contributed by atoms with van der Waals surface area (Å²) in [6.07, 6.45) is 1.12. The van der Waals surface area contributed by atoms with E-state index >= 15 is 0 Å². The van der Waals surface area contributed by atoms with E-state index in [0.29, 0.717) is 33.5 Å². The number of fused-ring (bicyclic) bond motifs is 1. The summed E-state index contributed by atoms with van der Waals surface area (Å²) in [6, 6.07) is 3.39. The number of anilines is 2. The van der Waals surface area contributed by atoms with Crippen LogP contribution in [0.5, 0.6) is 0 Å². The van der Waals surface area contributed by atoms with Gasteiger partial charge in [-0.15, -0.1) is 0 Å². The minimum Gasteiger partial charge on any atom is -0.398 e. The summed E-state index contributed by atoms with van der Waals surface area (Å²) < 4.78 is 0. The lowest BCUT2D eigenvalue weighted by molar-refractivity contribution is -0.112. The van der Waals surface area contributed by atoms with Gasteiger partial charge in [0.25, 0.3) is 0 Å². The molecular formula is C12H13N5O. The van der Waals surface area contributed by atoms with Crippen molar-refractivity contribution in [1.29, 1.82) is 5.41 Å². The van der Waals surface area contributed by atoms with Crippen molar-refractivity contribution in [3.05, 3.63) is 30.0 Å². The van der Waals surface area contributed by atoms with Crippen LogP contribution in [-0.2, 0) is 4.79 Å². The highest BCUT2D eigenvalue weighted by atomic mass is 16.1. The molecule has 0 radical (unpaired) electrons. The molecule has 18 heavy (non-hydrogen) atoms. The third-order valence-corrected chi connectivity index (χ3v) is 2.82. The largest absolute Gasteiger partial charge is 0.398 e. The number of amides is 1. The first kappa shape index (κ1) is 11.7. The van der Waals surface area contributed by atoms with E-state index in [1.54, 1.807) is 12.1 Å². The van der Waals surface area contributed by atoms with Crippen LogP contribution in [0.1, 0.15) is 11.3 Å². The van der Waals surface area contributed by atoms with Gasteiger partial charge in [-0.3, -0.25) is 4.79 Å². The number of nitrogen functional groups attached to an aromatic ring is 2. The normalized spacial score (nSPS) is 10.4. The fourth-order valence-electron chi connectivity index (χ4n) is 1.87. The third-order valence-electron chi connectivity index (χ3n) is 2.82. The van der Waals surface area contributed by atoms with Gasteiger partial charge in [-0.1, -0.05) is 6.58 Å². The SMILES string of the molecule is C=C(C(N)=O)c1[nH]c2ccc(N)c(C=N)c2c1N. The lowest BCUT2D eigenvalue weighted by Crippen LogP contribution is -2.13. The third kappa shape index (κ3) is 1.51. The summed E-state index contributed by atoms with van der Waals surface area (Å²) in [5.41, 5.74) is 19.3. The molecule has 0 aliphatic rings. The maximum Gasteiger partial charge on any atom is 0.250 e. The van der Waals surface area contributed by atoms with Crippen LogP contribution in [0.2, 0.25) is 0 Å². The zero-order valence-electron chi connectivity index (χ0n) is 9.58.